The molecule has 1 aliphatic rings. The van der Waals surface area contributed by atoms with Gasteiger partial charge in [-0.15, -0.1) is 0 Å². The zero-order valence-corrected chi connectivity index (χ0v) is 14.5. The van der Waals surface area contributed by atoms with Gasteiger partial charge in [-0.2, -0.15) is 0 Å². The molecule has 0 saturated heterocycles. The molecular formula is C14H21NO3Sn. The summed E-state index contributed by atoms with van der Waals surface area (Å²) in [7, 11) is 0. The molecule has 1 aromatic heterocycles. The molecule has 2 heterocycles. The van der Waals surface area contributed by atoms with E-state index in [4.69, 9.17) is 6.15 Å². The molecular weight excluding hydrogens is 349 g/mol. The Morgan fingerprint density at radius 3 is 2.47 bits per heavy atom. The first-order valence-corrected chi connectivity index (χ1v) is 13.4. The molecule has 1 aliphatic heterocycles. The molecule has 5 heteroatoms. The Balaban J connectivity index is 2.23. The van der Waals surface area contributed by atoms with E-state index in [1.54, 1.807) is 18.3 Å². The number of rotatable bonds is 6. The van der Waals surface area contributed by atoms with Gasteiger partial charge >= 0.3 is 119 Å². The number of nitrogens with zero attached hydrogens (tertiary/aromatic N) is 1. The van der Waals surface area contributed by atoms with Crippen molar-refractivity contribution >= 4 is 25.2 Å². The normalized spacial score (nSPS) is 16.4. The summed E-state index contributed by atoms with van der Waals surface area (Å²) in [6.45, 7) is 4.30. The SMILES string of the molecule is CCC[CH2][Sn]1([CH2]CCC)[O]C(=O)c2cccnc2[O]1. The van der Waals surface area contributed by atoms with Crippen LogP contribution in [0.2, 0.25) is 8.87 Å². The second-order valence-corrected chi connectivity index (χ2v) is 14.2. The van der Waals surface area contributed by atoms with Gasteiger partial charge in [0.2, 0.25) is 0 Å². The van der Waals surface area contributed by atoms with Gasteiger partial charge in [0, 0.05) is 0 Å². The number of pyridine rings is 1. The topological polar surface area (TPSA) is 48.4 Å². The number of carbonyl (C=O) groups is 1. The summed E-state index contributed by atoms with van der Waals surface area (Å²) >= 11 is -3.29. The number of fused-ring (bicyclic) bond motifs is 1. The third-order valence-electron chi connectivity index (χ3n) is 3.37. The average Bonchev–Trinajstić information content (AvgIpc) is 2.43. The van der Waals surface area contributed by atoms with E-state index < -0.39 is 19.2 Å². The van der Waals surface area contributed by atoms with Crippen molar-refractivity contribution < 1.29 is 10.9 Å². The molecule has 104 valence electrons. The van der Waals surface area contributed by atoms with Gasteiger partial charge in [-0.3, -0.25) is 0 Å². The van der Waals surface area contributed by atoms with Crippen molar-refractivity contribution in [1.82, 2.24) is 4.98 Å². The van der Waals surface area contributed by atoms with Gasteiger partial charge in [0.05, 0.1) is 0 Å². The van der Waals surface area contributed by atoms with Crippen LogP contribution in [0.1, 0.15) is 49.9 Å². The molecule has 0 spiro atoms. The standard InChI is InChI=1S/C6H5NO3.2C4H9.Sn/c8-5-4(6(9)10)2-1-3-7-5;2*1-3-4-2;/h1-3H,(H,7,8)(H,9,10);2*1,3-4H2,2H3;/q;;;+2/p-2. The van der Waals surface area contributed by atoms with Crippen LogP contribution in [0.5, 0.6) is 5.88 Å². The van der Waals surface area contributed by atoms with E-state index in [0.717, 1.165) is 34.6 Å². The van der Waals surface area contributed by atoms with E-state index in [1.807, 2.05) is 0 Å². The van der Waals surface area contributed by atoms with Crippen LogP contribution in [0.3, 0.4) is 0 Å². The molecule has 0 aliphatic carbocycles. The molecule has 0 N–H and O–H groups in total. The molecule has 0 bridgehead atoms. The van der Waals surface area contributed by atoms with Crippen LogP contribution in [0.15, 0.2) is 18.3 Å². The molecule has 0 saturated carbocycles. The summed E-state index contributed by atoms with van der Waals surface area (Å²) in [6, 6.07) is 3.46. The van der Waals surface area contributed by atoms with Crippen LogP contribution in [0.4, 0.5) is 0 Å². The van der Waals surface area contributed by atoms with E-state index >= 15 is 0 Å². The summed E-state index contributed by atoms with van der Waals surface area (Å²) in [6.07, 6.45) is 6.00. The Hall–Kier alpha value is -0.781. The van der Waals surface area contributed by atoms with Crippen molar-refractivity contribution in [1.29, 1.82) is 0 Å². The molecule has 0 fully saturated rings. The first-order valence-electron chi connectivity index (χ1n) is 7.08. The van der Waals surface area contributed by atoms with E-state index in [-0.39, 0.29) is 5.97 Å². The van der Waals surface area contributed by atoms with Crippen molar-refractivity contribution in [3.8, 4) is 5.88 Å². The van der Waals surface area contributed by atoms with Crippen LogP contribution in [0, 0.1) is 0 Å². The third-order valence-corrected chi connectivity index (χ3v) is 12.9. The van der Waals surface area contributed by atoms with Crippen molar-refractivity contribution in [2.45, 2.75) is 48.4 Å². The molecule has 0 aromatic carbocycles. The summed E-state index contributed by atoms with van der Waals surface area (Å²) in [4.78, 5) is 16.3. The third kappa shape index (κ3) is 3.41. The Morgan fingerprint density at radius 2 is 1.84 bits per heavy atom. The molecule has 0 radical (unpaired) electrons. The zero-order chi connectivity index (χ0) is 13.7. The Morgan fingerprint density at radius 1 is 1.16 bits per heavy atom. The maximum absolute atomic E-state index is 12.1. The second-order valence-electron chi connectivity index (χ2n) is 4.97. The monoisotopic (exact) mass is 371 g/mol. The number of unbranched alkanes of at least 4 members (excludes halogenated alkanes) is 2. The summed E-state index contributed by atoms with van der Waals surface area (Å²) in [5.41, 5.74) is 0.475. The number of hydrogen-bond acceptors (Lipinski definition) is 4. The van der Waals surface area contributed by atoms with Crippen LogP contribution < -0.4 is 3.07 Å². The van der Waals surface area contributed by atoms with Gasteiger partial charge in [-0.05, 0) is 0 Å². The molecule has 1 aromatic rings. The van der Waals surface area contributed by atoms with Gasteiger partial charge in [-0.25, -0.2) is 0 Å². The molecule has 0 amide bonds. The number of carbonyl (C=O) groups excluding carboxylic acids is 1. The summed E-state index contributed by atoms with van der Waals surface area (Å²) in [5.74, 6) is 0.277. The van der Waals surface area contributed by atoms with Gasteiger partial charge in [0.1, 0.15) is 0 Å². The number of aromatic nitrogens is 1. The average molecular weight is 370 g/mol. The quantitative estimate of drug-likeness (QED) is 0.717. The fraction of sp³-hybridized carbons (Fsp3) is 0.571. The predicted molar refractivity (Wildman–Crippen MR) is 75.5 cm³/mol. The minimum absolute atomic E-state index is 0.225. The molecule has 0 atom stereocenters. The molecule has 4 nitrogen and oxygen atoms in total. The van der Waals surface area contributed by atoms with Crippen LogP contribution in [0.25, 0.3) is 0 Å². The predicted octanol–water partition coefficient (Wildman–Crippen LogP) is 3.67. The van der Waals surface area contributed by atoms with Crippen molar-refractivity contribution in [3.05, 3.63) is 23.9 Å². The number of hydrogen-bond donors (Lipinski definition) is 0. The molecule has 0 unspecified atom stereocenters. The Kier molecular flexibility index (Phi) is 5.07. The van der Waals surface area contributed by atoms with Crippen molar-refractivity contribution in [2.75, 3.05) is 0 Å². The van der Waals surface area contributed by atoms with E-state index in [0.29, 0.717) is 11.4 Å². The van der Waals surface area contributed by atoms with Gasteiger partial charge in [0.15, 0.2) is 0 Å². The fourth-order valence-corrected chi connectivity index (χ4v) is 12.1. The van der Waals surface area contributed by atoms with Crippen molar-refractivity contribution in [2.24, 2.45) is 0 Å². The molecule has 19 heavy (non-hydrogen) atoms. The van der Waals surface area contributed by atoms with E-state index in [2.05, 4.69) is 18.8 Å². The second kappa shape index (κ2) is 6.59. The Bertz CT molecular complexity index is 442. The van der Waals surface area contributed by atoms with Gasteiger partial charge in [-0.1, -0.05) is 0 Å². The van der Waals surface area contributed by atoms with Gasteiger partial charge in [0.25, 0.3) is 0 Å². The van der Waals surface area contributed by atoms with Crippen LogP contribution in [-0.4, -0.2) is 30.2 Å². The van der Waals surface area contributed by atoms with Crippen LogP contribution in [-0.2, 0) is 3.07 Å². The maximum atomic E-state index is 12.1. The first kappa shape index (κ1) is 14.6. The van der Waals surface area contributed by atoms with Crippen LogP contribution >= 0.6 is 0 Å². The van der Waals surface area contributed by atoms with Gasteiger partial charge < -0.3 is 0 Å². The summed E-state index contributed by atoms with van der Waals surface area (Å²) < 4.78 is 13.8. The fourth-order valence-electron chi connectivity index (χ4n) is 2.27. The van der Waals surface area contributed by atoms with E-state index in [9.17, 15) is 4.79 Å². The summed E-state index contributed by atoms with van der Waals surface area (Å²) in [5, 5.41) is 0. The minimum atomic E-state index is -3.29. The molecule has 2 rings (SSSR count). The first-order chi connectivity index (χ1) is 9.21. The van der Waals surface area contributed by atoms with E-state index in [1.165, 1.54) is 0 Å². The zero-order valence-electron chi connectivity index (χ0n) is 11.6. The van der Waals surface area contributed by atoms with Crippen molar-refractivity contribution in [3.63, 3.8) is 0 Å². The Labute approximate surface area is 119 Å².